The number of anilines is 1. The highest BCUT2D eigenvalue weighted by molar-refractivity contribution is 5.33. The molecule has 0 N–H and O–H groups in total. The summed E-state index contributed by atoms with van der Waals surface area (Å²) in [7, 11) is 0. The van der Waals surface area contributed by atoms with Gasteiger partial charge in [-0.1, -0.05) is 6.07 Å². The normalized spacial score (nSPS) is 15.5. The second-order valence-corrected chi connectivity index (χ2v) is 5.23. The Morgan fingerprint density at radius 1 is 1.14 bits per heavy atom. The maximum atomic E-state index is 13.9. The van der Waals surface area contributed by atoms with Gasteiger partial charge in [0.05, 0.1) is 11.6 Å². The third-order valence-electron chi connectivity index (χ3n) is 3.78. The summed E-state index contributed by atoms with van der Waals surface area (Å²) < 4.78 is 13.9. The zero-order valence-electron chi connectivity index (χ0n) is 12.1. The van der Waals surface area contributed by atoms with E-state index >= 15 is 0 Å². The van der Waals surface area contributed by atoms with E-state index in [2.05, 4.69) is 19.8 Å². The summed E-state index contributed by atoms with van der Waals surface area (Å²) in [4.78, 5) is 12.8. The first-order valence-electron chi connectivity index (χ1n) is 7.19. The monoisotopic (exact) mass is 297 g/mol. The van der Waals surface area contributed by atoms with Crippen LogP contribution in [0.1, 0.15) is 11.1 Å². The number of halogens is 1. The molecule has 0 aliphatic carbocycles. The summed E-state index contributed by atoms with van der Waals surface area (Å²) in [5.41, 5.74) is 0.982. The molecule has 2 heterocycles. The minimum absolute atomic E-state index is 0.312. The summed E-state index contributed by atoms with van der Waals surface area (Å²) in [6.07, 6.45) is 3.47. The molecule has 5 nitrogen and oxygen atoms in total. The first-order valence-corrected chi connectivity index (χ1v) is 7.19. The average molecular weight is 297 g/mol. The fraction of sp³-hybridized carbons (Fsp3) is 0.312. The second kappa shape index (κ2) is 6.50. The van der Waals surface area contributed by atoms with Crippen LogP contribution in [0.5, 0.6) is 0 Å². The zero-order chi connectivity index (χ0) is 15.4. The lowest BCUT2D eigenvalue weighted by Crippen LogP contribution is -2.46. The lowest BCUT2D eigenvalue weighted by Gasteiger charge is -2.34. The Kier molecular flexibility index (Phi) is 4.26. The third kappa shape index (κ3) is 3.21. The van der Waals surface area contributed by atoms with Gasteiger partial charge in [-0.15, -0.1) is 0 Å². The van der Waals surface area contributed by atoms with Gasteiger partial charge in [0.25, 0.3) is 0 Å². The molecule has 0 spiro atoms. The molecule has 0 radical (unpaired) electrons. The molecule has 1 aromatic heterocycles. The molecular weight excluding hydrogens is 281 g/mol. The Morgan fingerprint density at radius 3 is 2.50 bits per heavy atom. The predicted octanol–water partition coefficient (Wildman–Crippen LogP) is 1.81. The number of nitriles is 1. The van der Waals surface area contributed by atoms with Crippen molar-refractivity contribution in [1.82, 2.24) is 14.9 Å². The highest BCUT2D eigenvalue weighted by atomic mass is 19.1. The summed E-state index contributed by atoms with van der Waals surface area (Å²) in [5, 5.41) is 8.77. The molecule has 6 heteroatoms. The Hall–Kier alpha value is -2.52. The lowest BCUT2D eigenvalue weighted by atomic mass is 10.1. The number of rotatable bonds is 3. The molecule has 0 bridgehead atoms. The minimum atomic E-state index is -0.312. The third-order valence-corrected chi connectivity index (χ3v) is 3.78. The summed E-state index contributed by atoms with van der Waals surface area (Å²) in [5.74, 6) is 0.430. The van der Waals surface area contributed by atoms with Crippen molar-refractivity contribution in [2.75, 3.05) is 31.1 Å². The zero-order valence-corrected chi connectivity index (χ0v) is 12.1. The first kappa shape index (κ1) is 14.4. The van der Waals surface area contributed by atoms with Crippen molar-refractivity contribution in [3.63, 3.8) is 0 Å². The van der Waals surface area contributed by atoms with Gasteiger partial charge in [0, 0.05) is 50.7 Å². The number of hydrogen-bond donors (Lipinski definition) is 0. The fourth-order valence-electron chi connectivity index (χ4n) is 2.55. The minimum Gasteiger partial charge on any atom is -0.338 e. The Balaban J connectivity index is 1.59. The Labute approximate surface area is 128 Å². The summed E-state index contributed by atoms with van der Waals surface area (Å²) in [6.45, 7) is 3.86. The smallest absolute Gasteiger partial charge is 0.225 e. The van der Waals surface area contributed by atoms with Crippen LogP contribution in [0, 0.1) is 17.1 Å². The molecule has 1 aliphatic heterocycles. The SMILES string of the molecule is N#Cc1ccc(CN2CCN(c3ncccn3)CC2)c(F)c1. The molecule has 0 atom stereocenters. The summed E-state index contributed by atoms with van der Waals surface area (Å²) >= 11 is 0. The van der Waals surface area contributed by atoms with E-state index in [0.29, 0.717) is 17.7 Å². The summed E-state index contributed by atoms with van der Waals surface area (Å²) in [6, 6.07) is 8.40. The highest BCUT2D eigenvalue weighted by Gasteiger charge is 2.19. The quantitative estimate of drug-likeness (QED) is 0.865. The van der Waals surface area contributed by atoms with E-state index in [0.717, 1.165) is 32.1 Å². The van der Waals surface area contributed by atoms with E-state index in [-0.39, 0.29) is 5.82 Å². The molecule has 112 valence electrons. The van der Waals surface area contributed by atoms with Gasteiger partial charge < -0.3 is 4.90 Å². The van der Waals surface area contributed by atoms with Crippen molar-refractivity contribution in [3.8, 4) is 6.07 Å². The van der Waals surface area contributed by atoms with E-state index in [9.17, 15) is 4.39 Å². The molecule has 0 unspecified atom stereocenters. The molecule has 1 aromatic carbocycles. The first-order chi connectivity index (χ1) is 10.8. The van der Waals surface area contributed by atoms with Crippen LogP contribution in [0.2, 0.25) is 0 Å². The van der Waals surface area contributed by atoms with E-state index < -0.39 is 0 Å². The van der Waals surface area contributed by atoms with Crippen molar-refractivity contribution in [2.24, 2.45) is 0 Å². The van der Waals surface area contributed by atoms with E-state index in [1.54, 1.807) is 30.6 Å². The van der Waals surface area contributed by atoms with Crippen LogP contribution in [-0.4, -0.2) is 41.0 Å². The molecule has 2 aromatic rings. The molecule has 22 heavy (non-hydrogen) atoms. The van der Waals surface area contributed by atoms with Crippen molar-refractivity contribution in [3.05, 3.63) is 53.6 Å². The topological polar surface area (TPSA) is 56.1 Å². The van der Waals surface area contributed by atoms with Gasteiger partial charge in [0.15, 0.2) is 0 Å². The maximum Gasteiger partial charge on any atom is 0.225 e. The number of benzene rings is 1. The van der Waals surface area contributed by atoms with E-state index in [1.165, 1.54) is 6.07 Å². The molecule has 0 saturated carbocycles. The molecule has 1 saturated heterocycles. The van der Waals surface area contributed by atoms with Gasteiger partial charge in [-0.3, -0.25) is 4.90 Å². The fourth-order valence-corrected chi connectivity index (χ4v) is 2.55. The van der Waals surface area contributed by atoms with Gasteiger partial charge in [-0.05, 0) is 18.2 Å². The van der Waals surface area contributed by atoms with E-state index in [1.807, 2.05) is 6.07 Å². The van der Waals surface area contributed by atoms with Crippen LogP contribution >= 0.6 is 0 Å². The van der Waals surface area contributed by atoms with Gasteiger partial charge in [0.2, 0.25) is 5.95 Å². The predicted molar refractivity (Wildman–Crippen MR) is 80.6 cm³/mol. The van der Waals surface area contributed by atoms with Crippen LogP contribution in [0.15, 0.2) is 36.7 Å². The van der Waals surface area contributed by atoms with Crippen LogP contribution < -0.4 is 4.90 Å². The van der Waals surface area contributed by atoms with Crippen molar-refractivity contribution < 1.29 is 4.39 Å². The molecule has 3 rings (SSSR count). The molecular formula is C16H16FN5. The Bertz CT molecular complexity index is 675. The van der Waals surface area contributed by atoms with E-state index in [4.69, 9.17) is 5.26 Å². The lowest BCUT2D eigenvalue weighted by molar-refractivity contribution is 0.245. The molecule has 1 aliphatic rings. The van der Waals surface area contributed by atoms with Crippen LogP contribution in [0.25, 0.3) is 0 Å². The van der Waals surface area contributed by atoms with Crippen molar-refractivity contribution in [1.29, 1.82) is 5.26 Å². The van der Waals surface area contributed by atoms with Gasteiger partial charge in [-0.25, -0.2) is 14.4 Å². The standard InChI is InChI=1S/C16H16FN5/c17-15-10-13(11-18)2-3-14(15)12-21-6-8-22(9-7-21)16-19-4-1-5-20-16/h1-5,10H,6-9,12H2. The largest absolute Gasteiger partial charge is 0.338 e. The van der Waals surface area contributed by atoms with Crippen LogP contribution in [-0.2, 0) is 6.54 Å². The van der Waals surface area contributed by atoms with Gasteiger partial charge in [-0.2, -0.15) is 5.26 Å². The number of nitrogens with zero attached hydrogens (tertiary/aromatic N) is 5. The number of piperazine rings is 1. The van der Waals surface area contributed by atoms with Crippen LogP contribution in [0.3, 0.4) is 0 Å². The van der Waals surface area contributed by atoms with Crippen molar-refractivity contribution >= 4 is 5.95 Å². The second-order valence-electron chi connectivity index (χ2n) is 5.23. The van der Waals surface area contributed by atoms with Gasteiger partial charge in [0.1, 0.15) is 5.82 Å². The molecule has 1 fully saturated rings. The average Bonchev–Trinajstić information content (AvgIpc) is 2.58. The van der Waals surface area contributed by atoms with Crippen LogP contribution in [0.4, 0.5) is 10.3 Å². The maximum absolute atomic E-state index is 13.9. The van der Waals surface area contributed by atoms with Gasteiger partial charge >= 0.3 is 0 Å². The molecule has 0 amide bonds. The van der Waals surface area contributed by atoms with Crippen molar-refractivity contribution in [2.45, 2.75) is 6.54 Å². The number of aromatic nitrogens is 2. The highest BCUT2D eigenvalue weighted by Crippen LogP contribution is 2.15. The number of hydrogen-bond acceptors (Lipinski definition) is 5. The Morgan fingerprint density at radius 2 is 1.86 bits per heavy atom.